The van der Waals surface area contributed by atoms with E-state index in [4.69, 9.17) is 129 Å². The fourth-order valence-electron chi connectivity index (χ4n) is 12.9. The number of hydrogen-bond acceptors (Lipinski definition) is 37. The third-order valence-electron chi connectivity index (χ3n) is 20.1. The predicted molar refractivity (Wildman–Crippen MR) is 516 cm³/mol. The highest BCUT2D eigenvalue weighted by Crippen LogP contribution is 2.33. The molecular formula is C98H158F4N8O32. The topological polar surface area (TPSA) is 428 Å². The lowest BCUT2D eigenvalue weighted by atomic mass is 9.96. The van der Waals surface area contributed by atoms with Crippen LogP contribution < -0.4 is 31.3 Å². The van der Waals surface area contributed by atoms with Crippen LogP contribution in [0.4, 0.5) is 39.5 Å². The van der Waals surface area contributed by atoms with Gasteiger partial charge < -0.3 is 159 Å². The number of hydrogen-bond donors (Lipinski definition) is 4. The number of alkyl carbamates (subject to hydrolysis) is 1. The number of amidine groups is 1. The van der Waals surface area contributed by atoms with Gasteiger partial charge in [0.25, 0.3) is 5.91 Å². The Morgan fingerprint density at radius 2 is 0.796 bits per heavy atom. The number of anilines is 2. The van der Waals surface area contributed by atoms with Crippen LogP contribution in [-0.2, 0) is 138 Å². The number of amides is 3. The Morgan fingerprint density at radius 1 is 0.444 bits per heavy atom. The molecule has 1 fully saturated rings. The molecule has 0 unspecified atom stereocenters. The first-order chi connectivity index (χ1) is 69.3. The molecule has 3 heterocycles. The number of aliphatic imine (C=N–C) groups is 1. The highest BCUT2D eigenvalue weighted by molar-refractivity contribution is 6.05. The number of carbonyl (C=O) groups is 5. The molecule has 142 heavy (non-hydrogen) atoms. The summed E-state index contributed by atoms with van der Waals surface area (Å²) < 4.78 is 201. The number of pyridine rings is 1. The molecule has 2 aromatic carbocycles. The van der Waals surface area contributed by atoms with Crippen molar-refractivity contribution in [2.45, 2.75) is 91.1 Å². The van der Waals surface area contributed by atoms with E-state index < -0.39 is 53.1 Å². The zero-order valence-corrected chi connectivity index (χ0v) is 83.8. The molecule has 1 saturated heterocycles. The maximum Gasteiger partial charge on any atom is 0.407 e. The average molecular weight is 2040 g/mol. The number of Topliss-reactive ketones (excluding diaryl/α,β-unsaturated/α-hetero) is 1. The van der Waals surface area contributed by atoms with Gasteiger partial charge in [0.05, 0.1) is 354 Å². The van der Waals surface area contributed by atoms with E-state index >= 15 is 0 Å². The number of nitrogens with zero attached hydrogens (tertiary/aromatic N) is 4. The molecule has 0 bridgehead atoms. The van der Waals surface area contributed by atoms with E-state index in [-0.39, 0.29) is 56.0 Å². The predicted octanol–water partition coefficient (Wildman–Crippen LogP) is 8.29. The first-order valence-electron chi connectivity index (χ1n) is 49.2. The molecule has 5 N–H and O–H groups in total. The summed E-state index contributed by atoms with van der Waals surface area (Å²) in [7, 11) is 0. The van der Waals surface area contributed by atoms with Gasteiger partial charge in [-0.1, -0.05) is 19.6 Å². The van der Waals surface area contributed by atoms with Crippen molar-refractivity contribution in [2.24, 2.45) is 16.6 Å². The van der Waals surface area contributed by atoms with Crippen molar-refractivity contribution in [3.8, 4) is 5.75 Å². The van der Waals surface area contributed by atoms with E-state index in [0.29, 0.717) is 404 Å². The summed E-state index contributed by atoms with van der Waals surface area (Å²) in [6, 6.07) is 9.03. The minimum Gasteiger partial charge on any atom is -0.444 e. The lowest BCUT2D eigenvalue weighted by Crippen LogP contribution is -2.41. The van der Waals surface area contributed by atoms with Gasteiger partial charge in [0.1, 0.15) is 23.0 Å². The zero-order valence-electron chi connectivity index (χ0n) is 83.8. The first-order valence-corrected chi connectivity index (χ1v) is 49.2. The molecule has 0 atom stereocenters. The van der Waals surface area contributed by atoms with Crippen LogP contribution in [0.3, 0.4) is 0 Å². The maximum atomic E-state index is 13.6. The molecule has 810 valence electrons. The minimum absolute atomic E-state index is 0.00807. The van der Waals surface area contributed by atoms with Crippen LogP contribution in [0.15, 0.2) is 65.4 Å². The van der Waals surface area contributed by atoms with Crippen molar-refractivity contribution in [3.63, 3.8) is 0 Å². The van der Waals surface area contributed by atoms with Crippen molar-refractivity contribution in [1.29, 1.82) is 0 Å². The monoisotopic (exact) mass is 2040 g/mol. The second-order valence-electron chi connectivity index (χ2n) is 32.6. The van der Waals surface area contributed by atoms with E-state index in [1.807, 2.05) is 45.0 Å². The lowest BCUT2D eigenvalue weighted by Gasteiger charge is -2.32. The summed E-state index contributed by atoms with van der Waals surface area (Å²) in [5.74, 6) is -8.76. The quantitative estimate of drug-likeness (QED) is 0.0136. The largest absolute Gasteiger partial charge is 0.444 e. The Bertz CT molecular complexity index is 3800. The molecule has 2 aliphatic rings. The number of ether oxygens (including phenoxy) is 27. The molecule has 0 radical (unpaired) electrons. The Labute approximate surface area is 833 Å². The van der Waals surface area contributed by atoms with Gasteiger partial charge in [0.15, 0.2) is 11.6 Å². The van der Waals surface area contributed by atoms with E-state index in [2.05, 4.69) is 54.0 Å². The molecule has 1 aromatic heterocycles. The van der Waals surface area contributed by atoms with Crippen LogP contribution >= 0.6 is 0 Å². The molecule has 40 nitrogen and oxygen atoms in total. The van der Waals surface area contributed by atoms with Crippen LogP contribution in [-0.4, -0.2) is 421 Å². The van der Waals surface area contributed by atoms with Crippen molar-refractivity contribution in [3.05, 3.63) is 94.8 Å². The van der Waals surface area contributed by atoms with E-state index in [9.17, 15) is 41.5 Å². The minimum atomic E-state index is -1.80. The summed E-state index contributed by atoms with van der Waals surface area (Å²) in [4.78, 5) is 76.6. The van der Waals surface area contributed by atoms with Crippen molar-refractivity contribution in [2.75, 3.05) is 380 Å². The lowest BCUT2D eigenvalue weighted by molar-refractivity contribution is -0.136. The van der Waals surface area contributed by atoms with Crippen LogP contribution in [0.25, 0.3) is 6.08 Å². The molecule has 2 aliphatic heterocycles. The van der Waals surface area contributed by atoms with Gasteiger partial charge in [-0.3, -0.25) is 19.2 Å². The number of aromatic nitrogens is 1. The number of ketones is 1. The van der Waals surface area contributed by atoms with Gasteiger partial charge in [-0.15, -0.1) is 0 Å². The van der Waals surface area contributed by atoms with Gasteiger partial charge in [-0.2, -0.15) is 8.78 Å². The molecule has 3 aromatic rings. The molecular weight excluding hydrogens is 1880 g/mol. The van der Waals surface area contributed by atoms with E-state index in [1.54, 1.807) is 18.3 Å². The van der Waals surface area contributed by atoms with Crippen LogP contribution in [0, 0.1) is 29.2 Å². The highest BCUT2D eigenvalue weighted by Gasteiger charge is 2.28. The standard InChI is InChI=1S/C98H158F4N8O32/c1-6-20-109(21-8-19-105-97(115)142-98(3,4)5)79(2)83-74-81-10-11-82(75-88(81)108-89(103)76-83)96(114)107-84-12-13-90(106-78-84)110-22-14-80(15-23-110)95(113)104-18-7-9-85(111)16-24-116-26-28-118-30-32-120-34-36-122-38-40-124-42-44-126-46-48-128-50-52-130-54-56-132-58-60-134-62-64-136-66-68-138-70-72-140-73-71-139-69-67-137-65-63-135-61-59-133-57-55-131-53-51-129-49-47-127-45-43-125-41-39-123-37-35-121-33-31-119-29-27-117-25-17-91(112)141-94-92(101)86(99)77-87(100)93(94)102/h10-13,74-75,77-78,80H,2,6-9,14-73,76H2,1,3-5H3,(H2,103,108)(H,104,113)(H,105,115)(H,107,114). The summed E-state index contributed by atoms with van der Waals surface area (Å²) in [6.45, 7) is 35.9. The first kappa shape index (κ1) is 125. The highest BCUT2D eigenvalue weighted by atomic mass is 19.2. The fourth-order valence-corrected chi connectivity index (χ4v) is 12.9. The molecule has 0 saturated carbocycles. The number of benzene rings is 2. The second kappa shape index (κ2) is 84.3. The summed E-state index contributed by atoms with van der Waals surface area (Å²) in [5, 5.41) is 8.78. The number of allylic oxidation sites excluding steroid dienone is 1. The van der Waals surface area contributed by atoms with Gasteiger partial charge in [-0.05, 0) is 88.8 Å². The van der Waals surface area contributed by atoms with Crippen molar-refractivity contribution < 1.29 is 169 Å². The van der Waals surface area contributed by atoms with Crippen LogP contribution in [0.5, 0.6) is 5.75 Å². The number of nitrogens with two attached hydrogens (primary N) is 1. The molecule has 0 spiro atoms. The number of fused-ring (bicyclic) bond motifs is 1. The molecule has 44 heteroatoms. The fraction of sp³-hybridized carbons (Fsp3) is 0.724. The van der Waals surface area contributed by atoms with Crippen LogP contribution in [0.2, 0.25) is 0 Å². The maximum absolute atomic E-state index is 13.6. The smallest absolute Gasteiger partial charge is 0.407 e. The number of piperidine rings is 1. The number of esters is 1. The number of halogens is 4. The Morgan fingerprint density at radius 3 is 1.14 bits per heavy atom. The Hall–Kier alpha value is -7.79. The third-order valence-corrected chi connectivity index (χ3v) is 20.1. The van der Waals surface area contributed by atoms with Gasteiger partial charge in [0.2, 0.25) is 23.3 Å². The number of carbonyl (C=O) groups excluding carboxylic acids is 5. The van der Waals surface area contributed by atoms with Crippen LogP contribution in [0.1, 0.15) is 101 Å². The van der Waals surface area contributed by atoms with Crippen molar-refractivity contribution in [1.82, 2.24) is 20.5 Å². The summed E-state index contributed by atoms with van der Waals surface area (Å²) >= 11 is 0. The Kier molecular flexibility index (Phi) is 74.0. The Balaban J connectivity index is 0.635. The molecule has 5 rings (SSSR count). The third kappa shape index (κ3) is 64.9. The molecule has 3 amide bonds. The van der Waals surface area contributed by atoms with Gasteiger partial charge in [0, 0.05) is 87.3 Å². The molecule has 0 aliphatic carbocycles. The van der Waals surface area contributed by atoms with Gasteiger partial charge >= 0.3 is 12.1 Å². The second-order valence-corrected chi connectivity index (χ2v) is 32.6. The normalized spacial score (nSPS) is 12.9. The summed E-state index contributed by atoms with van der Waals surface area (Å²) in [5.41, 5.74) is 9.97. The average Bonchev–Trinajstić information content (AvgIpc) is 1.43. The van der Waals surface area contributed by atoms with E-state index in [0.717, 1.165) is 35.6 Å². The number of nitrogens with one attached hydrogen (secondary N) is 3. The summed E-state index contributed by atoms with van der Waals surface area (Å²) in [6.07, 6.45) is 7.32. The SMILES string of the molecule is C=C(C1=Cc2ccc(C(=O)Nc3ccc(N4CCC(C(=O)NCCCC(=O)CCOCCOCCOCCOCCOCCOCCOCCOCCOCCOCCOCCOCCOCCOCCOCCOCCOCCOCCOCCOCCOCCOCCOCCOCCOCCC(=O)Oc5c(F)c(F)cc(F)c5F)CC4)nc3)cc2N=C(N)C1)N(CCC)CCCNC(=O)OC(C)(C)C. The zero-order chi connectivity index (χ0) is 102. The van der Waals surface area contributed by atoms with Gasteiger partial charge in [-0.25, -0.2) is 23.6 Å². The van der Waals surface area contributed by atoms with Crippen molar-refractivity contribution >= 4 is 58.8 Å². The number of rotatable bonds is 95. The van der Waals surface area contributed by atoms with E-state index in [1.165, 1.54) is 0 Å².